The molecule has 0 bridgehead atoms. The second-order valence-electron chi connectivity index (χ2n) is 7.92. The van der Waals surface area contributed by atoms with E-state index in [1.54, 1.807) is 24.3 Å². The van der Waals surface area contributed by atoms with Gasteiger partial charge in [0.25, 0.3) is 0 Å². The highest BCUT2D eigenvalue weighted by Crippen LogP contribution is 2.32. The molecule has 0 amide bonds. The Labute approximate surface area is 182 Å². The molecule has 0 aromatic heterocycles. The molecule has 2 saturated heterocycles. The summed E-state index contributed by atoms with van der Waals surface area (Å²) >= 11 is 1.81. The molecule has 2 heterocycles. The topological polar surface area (TPSA) is 91.5 Å². The van der Waals surface area contributed by atoms with Crippen LogP contribution >= 0.6 is 11.8 Å². The minimum absolute atomic E-state index is 0.0203. The highest BCUT2D eigenvalue weighted by atomic mass is 32.2. The second-order valence-corrected chi connectivity index (χ2v) is 10.8. The fourth-order valence-corrected chi connectivity index (χ4v) is 6.00. The summed E-state index contributed by atoms with van der Waals surface area (Å²) in [5.74, 6) is 0.979. The molecule has 9 heteroatoms. The molecular weight excluding hydrogens is 420 g/mol. The maximum absolute atomic E-state index is 12.6. The molecule has 2 aromatic carbocycles. The Morgan fingerprint density at radius 3 is 2.60 bits per heavy atom. The van der Waals surface area contributed by atoms with Gasteiger partial charge in [-0.05, 0) is 56.2 Å². The second kappa shape index (κ2) is 8.86. The number of rotatable bonds is 6. The first-order valence-electron chi connectivity index (χ1n) is 10.0. The third kappa shape index (κ3) is 4.99. The lowest BCUT2D eigenvalue weighted by molar-refractivity contribution is 0.0355. The minimum Gasteiger partial charge on any atom is -0.361 e. The molecule has 162 valence electrons. The molecule has 4 unspecified atom stereocenters. The van der Waals surface area contributed by atoms with Gasteiger partial charge in [0.15, 0.2) is 0 Å². The van der Waals surface area contributed by atoms with Crippen molar-refractivity contribution in [1.29, 1.82) is 0 Å². The van der Waals surface area contributed by atoms with Crippen molar-refractivity contribution in [3.63, 3.8) is 0 Å². The first-order chi connectivity index (χ1) is 14.3. The van der Waals surface area contributed by atoms with Crippen LogP contribution < -0.4 is 20.8 Å². The van der Waals surface area contributed by atoms with Crippen LogP contribution in [0.4, 0.5) is 5.69 Å². The molecule has 30 heavy (non-hydrogen) atoms. The fourth-order valence-electron chi connectivity index (χ4n) is 3.71. The lowest BCUT2D eigenvalue weighted by Crippen LogP contribution is -2.40. The molecule has 0 spiro atoms. The van der Waals surface area contributed by atoms with E-state index in [4.69, 9.17) is 4.84 Å². The van der Waals surface area contributed by atoms with Gasteiger partial charge in [-0.15, -0.1) is 11.8 Å². The zero-order valence-corrected chi connectivity index (χ0v) is 18.9. The van der Waals surface area contributed by atoms with E-state index in [0.717, 1.165) is 11.4 Å². The van der Waals surface area contributed by atoms with E-state index in [0.29, 0.717) is 12.5 Å². The normalized spacial score (nSPS) is 26.8. The Morgan fingerprint density at radius 1 is 1.13 bits per heavy atom. The number of aryl methyl sites for hydroxylation is 2. The van der Waals surface area contributed by atoms with Gasteiger partial charge in [-0.1, -0.05) is 23.8 Å². The highest BCUT2D eigenvalue weighted by molar-refractivity contribution is 8.00. The molecular formula is C21H28N4O3S2. The first-order valence-corrected chi connectivity index (χ1v) is 12.6. The van der Waals surface area contributed by atoms with Crippen LogP contribution in [0.1, 0.15) is 36.1 Å². The Hall–Kier alpha value is -1.62. The van der Waals surface area contributed by atoms with Gasteiger partial charge in [0.1, 0.15) is 5.50 Å². The maximum Gasteiger partial charge on any atom is 0.241 e. The van der Waals surface area contributed by atoms with E-state index in [2.05, 4.69) is 52.9 Å². The largest absolute Gasteiger partial charge is 0.361 e. The average molecular weight is 449 g/mol. The van der Waals surface area contributed by atoms with Gasteiger partial charge in [0.2, 0.25) is 10.0 Å². The quantitative estimate of drug-likeness (QED) is 0.540. The van der Waals surface area contributed by atoms with Gasteiger partial charge >= 0.3 is 0 Å². The Morgan fingerprint density at radius 2 is 1.90 bits per heavy atom. The first kappa shape index (κ1) is 21.6. The van der Waals surface area contributed by atoms with Crippen molar-refractivity contribution in [2.75, 3.05) is 11.1 Å². The monoisotopic (exact) mass is 448 g/mol. The van der Waals surface area contributed by atoms with Crippen molar-refractivity contribution in [1.82, 2.24) is 15.5 Å². The molecule has 4 atom stereocenters. The zero-order valence-electron chi connectivity index (χ0n) is 17.3. The minimum atomic E-state index is -3.61. The van der Waals surface area contributed by atoms with E-state index in [1.165, 1.54) is 16.7 Å². The summed E-state index contributed by atoms with van der Waals surface area (Å²) in [7, 11) is -3.61. The number of anilines is 1. The number of nitrogens with one attached hydrogen (secondary N) is 4. The molecule has 2 aromatic rings. The van der Waals surface area contributed by atoms with Crippen LogP contribution in [0.15, 0.2) is 47.4 Å². The molecule has 0 radical (unpaired) electrons. The summed E-state index contributed by atoms with van der Waals surface area (Å²) in [4.78, 5) is 5.43. The van der Waals surface area contributed by atoms with Crippen molar-refractivity contribution in [3.05, 3.63) is 59.2 Å². The summed E-state index contributed by atoms with van der Waals surface area (Å²) in [5.41, 5.74) is 7.52. The van der Waals surface area contributed by atoms with Gasteiger partial charge in [0, 0.05) is 23.9 Å². The van der Waals surface area contributed by atoms with Gasteiger partial charge in [0.05, 0.1) is 17.2 Å². The molecule has 2 aliphatic rings. The van der Waals surface area contributed by atoms with Crippen LogP contribution in [0.2, 0.25) is 0 Å². The lowest BCUT2D eigenvalue weighted by atomic mass is 10.0. The molecule has 2 aliphatic heterocycles. The number of hydrogen-bond acceptors (Lipinski definition) is 7. The molecule has 7 nitrogen and oxygen atoms in total. The van der Waals surface area contributed by atoms with Crippen LogP contribution in [0.5, 0.6) is 0 Å². The number of hydrogen-bond donors (Lipinski definition) is 4. The van der Waals surface area contributed by atoms with Gasteiger partial charge in [-0.25, -0.2) is 8.42 Å². The Balaban J connectivity index is 1.36. The summed E-state index contributed by atoms with van der Waals surface area (Å²) < 4.78 is 27.8. The smallest absolute Gasteiger partial charge is 0.241 e. The van der Waals surface area contributed by atoms with E-state index in [-0.39, 0.29) is 16.5 Å². The van der Waals surface area contributed by atoms with Gasteiger partial charge < -0.3 is 5.32 Å². The zero-order chi connectivity index (χ0) is 21.3. The predicted molar refractivity (Wildman–Crippen MR) is 121 cm³/mol. The highest BCUT2D eigenvalue weighted by Gasteiger charge is 2.28. The van der Waals surface area contributed by atoms with Crippen molar-refractivity contribution in [2.45, 2.75) is 55.9 Å². The molecule has 4 rings (SSSR count). The summed E-state index contributed by atoms with van der Waals surface area (Å²) in [5, 5.41) is 7.06. The van der Waals surface area contributed by atoms with Crippen LogP contribution in [-0.2, 0) is 14.9 Å². The van der Waals surface area contributed by atoms with Crippen LogP contribution in [0.25, 0.3) is 0 Å². The molecule has 2 fully saturated rings. The number of sulfonamides is 1. The lowest BCUT2D eigenvalue weighted by Gasteiger charge is -2.18. The van der Waals surface area contributed by atoms with E-state index in [9.17, 15) is 8.42 Å². The van der Waals surface area contributed by atoms with E-state index < -0.39 is 16.2 Å². The van der Waals surface area contributed by atoms with Gasteiger partial charge in [-0.3, -0.25) is 10.2 Å². The third-order valence-electron chi connectivity index (χ3n) is 5.33. The van der Waals surface area contributed by atoms with E-state index in [1.807, 2.05) is 18.7 Å². The standard InChI is InChI=1S/C21H28N4O3S2/c1-13-4-5-14(2)18(10-13)19-12-29-21(23-19)22-16-6-8-17(9-7-16)30(26,27)25-20-11-15(3)28-24-20/h4-10,15,19-25H,11-12H2,1-3H3. The molecule has 0 aliphatic carbocycles. The summed E-state index contributed by atoms with van der Waals surface area (Å²) in [6.45, 7) is 6.15. The molecule has 0 saturated carbocycles. The van der Waals surface area contributed by atoms with Crippen molar-refractivity contribution in [2.24, 2.45) is 0 Å². The predicted octanol–water partition coefficient (Wildman–Crippen LogP) is 2.99. The van der Waals surface area contributed by atoms with Gasteiger partial charge in [-0.2, -0.15) is 10.2 Å². The summed E-state index contributed by atoms with van der Waals surface area (Å²) in [6, 6.07) is 13.7. The van der Waals surface area contributed by atoms with Crippen molar-refractivity contribution in [3.8, 4) is 0 Å². The Kier molecular flexibility index (Phi) is 6.38. The molecule has 4 N–H and O–H groups in total. The van der Waals surface area contributed by atoms with Crippen LogP contribution in [0.3, 0.4) is 0 Å². The number of thioether (sulfide) groups is 1. The SMILES string of the molecule is Cc1ccc(C)c(C2CSC(Nc3ccc(S(=O)(=O)NC4CC(C)ON4)cc3)N2)c1. The number of benzene rings is 2. The van der Waals surface area contributed by atoms with Crippen LogP contribution in [0, 0.1) is 13.8 Å². The van der Waals surface area contributed by atoms with Crippen molar-refractivity contribution < 1.29 is 13.3 Å². The number of hydroxylamine groups is 1. The Bertz CT molecular complexity index is 998. The fraction of sp³-hybridized carbons (Fsp3) is 0.429. The van der Waals surface area contributed by atoms with Crippen molar-refractivity contribution >= 4 is 27.5 Å². The average Bonchev–Trinajstić information content (AvgIpc) is 3.33. The van der Waals surface area contributed by atoms with E-state index >= 15 is 0 Å². The maximum atomic E-state index is 12.6. The third-order valence-corrected chi connectivity index (χ3v) is 7.93. The summed E-state index contributed by atoms with van der Waals surface area (Å²) in [6.07, 6.45) is 0.155. The van der Waals surface area contributed by atoms with Crippen LogP contribution in [-0.4, -0.2) is 31.9 Å².